The summed E-state index contributed by atoms with van der Waals surface area (Å²) in [7, 11) is 0. The molecule has 0 radical (unpaired) electrons. The monoisotopic (exact) mass is 247 g/mol. The number of nitrogens with one attached hydrogen (secondary N) is 1. The number of thioether (sulfide) groups is 1. The zero-order valence-electron chi connectivity index (χ0n) is 10.6. The van der Waals surface area contributed by atoms with E-state index in [-0.39, 0.29) is 11.2 Å². The van der Waals surface area contributed by atoms with E-state index < -0.39 is 11.7 Å². The second-order valence-corrected chi connectivity index (χ2v) is 5.75. The van der Waals surface area contributed by atoms with E-state index in [4.69, 9.17) is 4.74 Å². The number of hydrogen-bond donors (Lipinski definition) is 1. The summed E-state index contributed by atoms with van der Waals surface area (Å²) >= 11 is 1.21. The van der Waals surface area contributed by atoms with Gasteiger partial charge < -0.3 is 10.1 Å². The van der Waals surface area contributed by atoms with Crippen molar-refractivity contribution in [2.24, 2.45) is 0 Å². The Bertz CT molecular complexity index is 248. The van der Waals surface area contributed by atoms with Gasteiger partial charge in [-0.15, -0.1) is 0 Å². The lowest BCUT2D eigenvalue weighted by molar-refractivity contribution is -0.109. The van der Waals surface area contributed by atoms with E-state index in [2.05, 4.69) is 5.32 Å². The van der Waals surface area contributed by atoms with Crippen LogP contribution in [-0.2, 0) is 9.53 Å². The minimum absolute atomic E-state index is 0.0243. The van der Waals surface area contributed by atoms with E-state index in [9.17, 15) is 9.59 Å². The zero-order valence-corrected chi connectivity index (χ0v) is 11.4. The Kier molecular flexibility index (Phi) is 6.48. The highest BCUT2D eigenvalue weighted by atomic mass is 32.2. The van der Waals surface area contributed by atoms with Crippen LogP contribution in [0.5, 0.6) is 0 Å². The first kappa shape index (κ1) is 15.3. The molecule has 4 nitrogen and oxygen atoms in total. The maximum Gasteiger partial charge on any atom is 0.407 e. The Hall–Kier alpha value is -0.710. The van der Waals surface area contributed by atoms with E-state index in [1.807, 2.05) is 27.7 Å². The van der Waals surface area contributed by atoms with Gasteiger partial charge >= 0.3 is 6.09 Å². The van der Waals surface area contributed by atoms with Crippen molar-refractivity contribution in [2.45, 2.75) is 52.7 Å². The van der Waals surface area contributed by atoms with E-state index >= 15 is 0 Å². The molecule has 0 aliphatic heterocycles. The number of ether oxygens (including phenoxy) is 1. The SMILES string of the molecule is CC[C@@H](CSC(C)=O)NC(=O)OC(C)(C)C. The standard InChI is InChI=1S/C11H21NO3S/c1-6-9(7-16-8(2)13)12-10(14)15-11(3,4)5/h9H,6-7H2,1-5H3,(H,12,14)/t9-/m0/s1. The molecule has 0 unspecified atom stereocenters. The molecule has 16 heavy (non-hydrogen) atoms. The summed E-state index contributed by atoms with van der Waals surface area (Å²) in [4.78, 5) is 22.2. The molecule has 0 fully saturated rings. The van der Waals surface area contributed by atoms with Crippen LogP contribution in [-0.4, -0.2) is 28.6 Å². The number of carbonyl (C=O) groups excluding carboxylic acids is 2. The molecule has 0 saturated heterocycles. The van der Waals surface area contributed by atoms with Gasteiger partial charge in [-0.1, -0.05) is 18.7 Å². The van der Waals surface area contributed by atoms with Crippen LogP contribution in [0.3, 0.4) is 0 Å². The van der Waals surface area contributed by atoms with Crippen molar-refractivity contribution >= 4 is 23.0 Å². The first-order chi connectivity index (χ1) is 7.24. The fourth-order valence-electron chi connectivity index (χ4n) is 0.954. The van der Waals surface area contributed by atoms with Crippen molar-refractivity contribution in [1.82, 2.24) is 5.32 Å². The topological polar surface area (TPSA) is 55.4 Å². The van der Waals surface area contributed by atoms with Gasteiger partial charge in [-0.3, -0.25) is 4.79 Å². The van der Waals surface area contributed by atoms with Crippen LogP contribution >= 0.6 is 11.8 Å². The fourth-order valence-corrected chi connectivity index (χ4v) is 1.71. The van der Waals surface area contributed by atoms with Gasteiger partial charge in [0, 0.05) is 18.7 Å². The summed E-state index contributed by atoms with van der Waals surface area (Å²) in [5.74, 6) is 0.588. The second kappa shape index (κ2) is 6.78. The van der Waals surface area contributed by atoms with E-state index in [0.717, 1.165) is 6.42 Å². The smallest absolute Gasteiger partial charge is 0.407 e. The highest BCUT2D eigenvalue weighted by Crippen LogP contribution is 2.09. The van der Waals surface area contributed by atoms with Crippen molar-refractivity contribution in [2.75, 3.05) is 5.75 Å². The van der Waals surface area contributed by atoms with Crippen LogP contribution in [0, 0.1) is 0 Å². The molecule has 0 aliphatic rings. The maximum atomic E-state index is 11.4. The van der Waals surface area contributed by atoms with Crippen molar-refractivity contribution in [1.29, 1.82) is 0 Å². The van der Waals surface area contributed by atoms with Crippen LogP contribution in [0.2, 0.25) is 0 Å². The summed E-state index contributed by atoms with van der Waals surface area (Å²) in [6.07, 6.45) is 0.350. The molecule has 0 aromatic heterocycles. The summed E-state index contributed by atoms with van der Waals surface area (Å²) < 4.78 is 5.13. The predicted octanol–water partition coefficient (Wildman–Crippen LogP) is 2.57. The number of rotatable bonds is 4. The average Bonchev–Trinajstić information content (AvgIpc) is 2.08. The van der Waals surface area contributed by atoms with Crippen LogP contribution in [0.1, 0.15) is 41.0 Å². The molecular weight excluding hydrogens is 226 g/mol. The van der Waals surface area contributed by atoms with Gasteiger partial charge in [0.05, 0.1) is 0 Å². The van der Waals surface area contributed by atoms with Crippen LogP contribution < -0.4 is 5.32 Å². The first-order valence-corrected chi connectivity index (χ1v) is 6.36. The normalized spacial score (nSPS) is 13.1. The van der Waals surface area contributed by atoms with Gasteiger partial charge in [-0.2, -0.15) is 0 Å². The number of hydrogen-bond acceptors (Lipinski definition) is 4. The summed E-state index contributed by atoms with van der Waals surface area (Å²) in [5, 5.41) is 2.80. The third kappa shape index (κ3) is 8.59. The zero-order chi connectivity index (χ0) is 12.8. The highest BCUT2D eigenvalue weighted by molar-refractivity contribution is 8.13. The predicted molar refractivity (Wildman–Crippen MR) is 66.6 cm³/mol. The van der Waals surface area contributed by atoms with Gasteiger partial charge in [-0.25, -0.2) is 4.79 Å². The summed E-state index contributed by atoms with van der Waals surface area (Å²) in [6.45, 7) is 8.93. The van der Waals surface area contributed by atoms with E-state index in [1.165, 1.54) is 18.7 Å². The molecule has 0 aliphatic carbocycles. The summed E-state index contributed by atoms with van der Waals surface area (Å²) in [5.41, 5.74) is -0.490. The average molecular weight is 247 g/mol. The van der Waals surface area contributed by atoms with Gasteiger partial charge in [0.25, 0.3) is 0 Å². The maximum absolute atomic E-state index is 11.4. The molecule has 0 aromatic carbocycles. The Morgan fingerprint density at radius 2 is 1.94 bits per heavy atom. The van der Waals surface area contributed by atoms with Crippen LogP contribution in [0.4, 0.5) is 4.79 Å². The molecule has 1 amide bonds. The van der Waals surface area contributed by atoms with Gasteiger partial charge in [0.15, 0.2) is 5.12 Å². The third-order valence-electron chi connectivity index (χ3n) is 1.70. The quantitative estimate of drug-likeness (QED) is 0.829. The highest BCUT2D eigenvalue weighted by Gasteiger charge is 2.18. The van der Waals surface area contributed by atoms with Gasteiger partial charge in [0.1, 0.15) is 5.60 Å². The second-order valence-electron chi connectivity index (χ2n) is 4.55. The Labute approximate surface area is 101 Å². The van der Waals surface area contributed by atoms with Gasteiger partial charge in [0.2, 0.25) is 0 Å². The van der Waals surface area contributed by atoms with Crippen LogP contribution in [0.25, 0.3) is 0 Å². The van der Waals surface area contributed by atoms with Crippen molar-refractivity contribution < 1.29 is 14.3 Å². The molecule has 0 spiro atoms. The van der Waals surface area contributed by atoms with Crippen molar-refractivity contribution in [3.63, 3.8) is 0 Å². The van der Waals surface area contributed by atoms with Gasteiger partial charge in [-0.05, 0) is 27.2 Å². The number of carbonyl (C=O) groups is 2. The lowest BCUT2D eigenvalue weighted by Crippen LogP contribution is -2.40. The molecule has 0 bridgehead atoms. The third-order valence-corrected chi connectivity index (χ3v) is 2.68. The molecule has 0 saturated carbocycles. The summed E-state index contributed by atoms with van der Waals surface area (Å²) in [6, 6.07) is -0.0243. The molecule has 5 heteroatoms. The minimum atomic E-state index is -0.490. The molecular formula is C11H21NO3S. The molecule has 0 heterocycles. The minimum Gasteiger partial charge on any atom is -0.444 e. The number of amides is 1. The Morgan fingerprint density at radius 1 is 1.38 bits per heavy atom. The lowest BCUT2D eigenvalue weighted by atomic mass is 10.2. The molecule has 94 valence electrons. The van der Waals surface area contributed by atoms with E-state index in [1.54, 1.807) is 0 Å². The van der Waals surface area contributed by atoms with Crippen molar-refractivity contribution in [3.8, 4) is 0 Å². The van der Waals surface area contributed by atoms with Crippen LogP contribution in [0.15, 0.2) is 0 Å². The largest absolute Gasteiger partial charge is 0.444 e. The molecule has 1 N–H and O–H groups in total. The Morgan fingerprint density at radius 3 is 2.31 bits per heavy atom. The van der Waals surface area contributed by atoms with E-state index in [0.29, 0.717) is 5.75 Å². The molecule has 1 atom stereocenters. The fraction of sp³-hybridized carbons (Fsp3) is 0.818. The first-order valence-electron chi connectivity index (χ1n) is 5.37. The molecule has 0 aromatic rings. The molecule has 0 rings (SSSR count). The lowest BCUT2D eigenvalue weighted by Gasteiger charge is -2.22. The Balaban J connectivity index is 4.02. The van der Waals surface area contributed by atoms with Crippen molar-refractivity contribution in [3.05, 3.63) is 0 Å². The number of alkyl carbamates (subject to hydrolysis) is 1.